The van der Waals surface area contributed by atoms with Gasteiger partial charge in [-0.15, -0.1) is 0 Å². The standard InChI is InChI=1S/C24H22N6O3/c1-15-22(16(2)30(29-15)19-7-5-4-6-8-19)20-13-21(27-26-20)23(31)28-25-14-17-9-11-18(12-10-17)24(32)33-3/h4-14,22,29H,1H2,2-3H3,(H-,26,27,28,31,32)/p+1/t22-/m1/s1. The third-order valence-corrected chi connectivity index (χ3v) is 5.24. The monoisotopic (exact) mass is 443 g/mol. The Bertz CT molecular complexity index is 1260. The molecule has 9 heteroatoms. The lowest BCUT2D eigenvalue weighted by molar-refractivity contribution is -0.490. The van der Waals surface area contributed by atoms with Crippen LogP contribution in [-0.4, -0.2) is 45.8 Å². The first-order chi connectivity index (χ1) is 16.0. The van der Waals surface area contributed by atoms with Crippen LogP contribution in [0.25, 0.3) is 0 Å². The first-order valence-electron chi connectivity index (χ1n) is 10.2. The van der Waals surface area contributed by atoms with Crippen molar-refractivity contribution in [3.8, 4) is 0 Å². The van der Waals surface area contributed by atoms with Crippen molar-refractivity contribution < 1.29 is 19.0 Å². The lowest BCUT2D eigenvalue weighted by Gasteiger charge is -2.02. The number of esters is 1. The number of nitrogens with zero attached hydrogens (tertiary/aromatic N) is 3. The van der Waals surface area contributed by atoms with Crippen molar-refractivity contribution in [2.24, 2.45) is 5.10 Å². The highest BCUT2D eigenvalue weighted by Crippen LogP contribution is 2.29. The van der Waals surface area contributed by atoms with Crippen molar-refractivity contribution in [2.75, 3.05) is 7.11 Å². The SMILES string of the molecule is C=C1N[N+](c2ccccc2)=C(C)[C@@H]1c1cc(C(=O)NN=Cc2ccc(C(=O)OC)cc2)n[nH]1. The number of carbonyl (C=O) groups excluding carboxylic acids is 2. The number of amides is 1. The van der Waals surface area contributed by atoms with Crippen LogP contribution < -0.4 is 10.9 Å². The van der Waals surface area contributed by atoms with Crippen molar-refractivity contribution >= 4 is 29.5 Å². The van der Waals surface area contributed by atoms with Gasteiger partial charge in [0.15, 0.2) is 5.69 Å². The van der Waals surface area contributed by atoms with E-state index in [0.29, 0.717) is 11.1 Å². The maximum atomic E-state index is 12.5. The van der Waals surface area contributed by atoms with Crippen LogP contribution in [0.1, 0.15) is 44.9 Å². The van der Waals surface area contributed by atoms with Gasteiger partial charge in [0.25, 0.3) is 5.91 Å². The molecule has 1 aliphatic heterocycles. The van der Waals surface area contributed by atoms with E-state index < -0.39 is 11.9 Å². The highest BCUT2D eigenvalue weighted by molar-refractivity contribution is 5.95. The van der Waals surface area contributed by atoms with Gasteiger partial charge >= 0.3 is 5.97 Å². The number of hydrazone groups is 2. The van der Waals surface area contributed by atoms with E-state index in [-0.39, 0.29) is 11.6 Å². The fourth-order valence-electron chi connectivity index (χ4n) is 3.58. The summed E-state index contributed by atoms with van der Waals surface area (Å²) in [6, 6.07) is 18.2. The quantitative estimate of drug-likeness (QED) is 0.235. The minimum Gasteiger partial charge on any atom is -0.465 e. The summed E-state index contributed by atoms with van der Waals surface area (Å²) in [6.07, 6.45) is 1.48. The van der Waals surface area contributed by atoms with Gasteiger partial charge in [0, 0.05) is 19.1 Å². The number of aromatic nitrogens is 2. The predicted molar refractivity (Wildman–Crippen MR) is 123 cm³/mol. The number of methoxy groups -OCH3 is 1. The Kier molecular flexibility index (Phi) is 6.12. The normalized spacial score (nSPS) is 15.6. The van der Waals surface area contributed by atoms with E-state index in [2.05, 4.69) is 37.5 Å². The smallest absolute Gasteiger partial charge is 0.337 e. The van der Waals surface area contributed by atoms with Gasteiger partial charge in [-0.2, -0.15) is 15.6 Å². The van der Waals surface area contributed by atoms with E-state index in [1.165, 1.54) is 13.3 Å². The Labute approximate surface area is 190 Å². The number of ether oxygens (including phenoxy) is 1. The number of allylic oxidation sites excluding steroid dienone is 1. The first-order valence-corrected chi connectivity index (χ1v) is 10.2. The molecule has 3 N–H and O–H groups in total. The van der Waals surface area contributed by atoms with Gasteiger partial charge in [0.2, 0.25) is 11.4 Å². The number of para-hydroxylation sites is 1. The van der Waals surface area contributed by atoms with Crippen LogP contribution in [0, 0.1) is 0 Å². The lowest BCUT2D eigenvalue weighted by atomic mass is 9.98. The molecule has 0 unspecified atom stereocenters. The largest absolute Gasteiger partial charge is 0.465 e. The molecule has 2 aromatic carbocycles. The molecular formula is C24H23N6O3+. The topological polar surface area (TPSA) is 111 Å². The molecule has 0 fully saturated rings. The Hall–Kier alpha value is -4.53. The molecule has 2 heterocycles. The maximum absolute atomic E-state index is 12.5. The van der Waals surface area contributed by atoms with Crippen LogP contribution in [0.2, 0.25) is 0 Å². The zero-order chi connectivity index (χ0) is 23.4. The van der Waals surface area contributed by atoms with Crippen molar-refractivity contribution in [2.45, 2.75) is 12.8 Å². The highest BCUT2D eigenvalue weighted by atomic mass is 16.5. The molecule has 1 amide bonds. The fourth-order valence-corrected chi connectivity index (χ4v) is 3.58. The summed E-state index contributed by atoms with van der Waals surface area (Å²) in [5, 5.41) is 11.0. The summed E-state index contributed by atoms with van der Waals surface area (Å²) < 4.78 is 6.63. The van der Waals surface area contributed by atoms with Crippen molar-refractivity contribution in [3.05, 3.63) is 95.5 Å². The van der Waals surface area contributed by atoms with Gasteiger partial charge in [0.1, 0.15) is 5.92 Å². The van der Waals surface area contributed by atoms with E-state index in [9.17, 15) is 9.59 Å². The summed E-state index contributed by atoms with van der Waals surface area (Å²) in [4.78, 5) is 23.9. The third-order valence-electron chi connectivity index (χ3n) is 5.24. The van der Waals surface area contributed by atoms with Gasteiger partial charge in [-0.25, -0.2) is 10.2 Å². The Morgan fingerprint density at radius 2 is 1.91 bits per heavy atom. The van der Waals surface area contributed by atoms with E-state index in [0.717, 1.165) is 22.8 Å². The molecule has 9 nitrogen and oxygen atoms in total. The third kappa shape index (κ3) is 4.57. The van der Waals surface area contributed by atoms with E-state index in [4.69, 9.17) is 0 Å². The van der Waals surface area contributed by atoms with Gasteiger partial charge in [0.05, 0.1) is 30.3 Å². The summed E-state index contributed by atoms with van der Waals surface area (Å²) in [5.74, 6) is -1.02. The number of rotatable bonds is 6. The average molecular weight is 443 g/mol. The van der Waals surface area contributed by atoms with Crippen LogP contribution in [0.15, 0.2) is 78.0 Å². The van der Waals surface area contributed by atoms with Crippen LogP contribution in [0.5, 0.6) is 0 Å². The zero-order valence-corrected chi connectivity index (χ0v) is 18.2. The van der Waals surface area contributed by atoms with Crippen molar-refractivity contribution in [1.29, 1.82) is 0 Å². The minimum absolute atomic E-state index is 0.156. The van der Waals surface area contributed by atoms with Crippen LogP contribution >= 0.6 is 0 Å². The number of hydrazine groups is 1. The zero-order valence-electron chi connectivity index (χ0n) is 18.2. The molecule has 33 heavy (non-hydrogen) atoms. The summed E-state index contributed by atoms with van der Waals surface area (Å²) in [5.41, 5.74) is 10.6. The number of H-pyrrole nitrogens is 1. The summed E-state index contributed by atoms with van der Waals surface area (Å²) in [6.45, 7) is 6.12. The molecule has 0 aliphatic carbocycles. The highest BCUT2D eigenvalue weighted by Gasteiger charge is 2.37. The number of hydrogen-bond acceptors (Lipinski definition) is 6. The molecule has 0 bridgehead atoms. The molecule has 4 rings (SSSR count). The molecule has 0 saturated carbocycles. The molecule has 3 aromatic rings. The number of aromatic amines is 1. The molecule has 1 aliphatic rings. The van der Waals surface area contributed by atoms with Gasteiger partial charge < -0.3 is 4.74 Å². The summed E-state index contributed by atoms with van der Waals surface area (Å²) >= 11 is 0. The number of hydrogen-bond donors (Lipinski definition) is 3. The Morgan fingerprint density at radius 1 is 1.18 bits per heavy atom. The van der Waals surface area contributed by atoms with E-state index >= 15 is 0 Å². The fraction of sp³-hybridized carbons (Fsp3) is 0.125. The predicted octanol–water partition coefficient (Wildman–Crippen LogP) is 2.88. The number of nitrogens with one attached hydrogen (secondary N) is 3. The number of benzene rings is 2. The molecule has 1 atom stereocenters. The van der Waals surface area contributed by atoms with E-state index in [1.54, 1.807) is 30.3 Å². The van der Waals surface area contributed by atoms with E-state index in [1.807, 2.05) is 41.9 Å². The average Bonchev–Trinajstić information content (AvgIpc) is 3.43. The Morgan fingerprint density at radius 3 is 2.61 bits per heavy atom. The Balaban J connectivity index is 1.43. The molecular weight excluding hydrogens is 420 g/mol. The first kappa shape index (κ1) is 21.7. The number of carbonyl (C=O) groups is 2. The second-order valence-electron chi connectivity index (χ2n) is 7.40. The van der Waals surface area contributed by atoms with Crippen molar-refractivity contribution in [1.82, 2.24) is 21.0 Å². The van der Waals surface area contributed by atoms with Crippen LogP contribution in [0.4, 0.5) is 5.69 Å². The molecule has 166 valence electrons. The second-order valence-corrected chi connectivity index (χ2v) is 7.40. The van der Waals surface area contributed by atoms with Crippen molar-refractivity contribution in [3.63, 3.8) is 0 Å². The van der Waals surface area contributed by atoms with Gasteiger partial charge in [-0.3, -0.25) is 9.89 Å². The molecule has 1 aromatic heterocycles. The molecule has 0 saturated heterocycles. The lowest BCUT2D eigenvalue weighted by Crippen LogP contribution is -2.18. The molecule has 0 spiro atoms. The summed E-state index contributed by atoms with van der Waals surface area (Å²) in [7, 11) is 1.32. The van der Waals surface area contributed by atoms with Gasteiger partial charge in [-0.05, 0) is 23.8 Å². The van der Waals surface area contributed by atoms with Crippen LogP contribution in [0.3, 0.4) is 0 Å². The molecule has 0 radical (unpaired) electrons. The second kappa shape index (κ2) is 9.31. The minimum atomic E-state index is -0.450. The maximum Gasteiger partial charge on any atom is 0.337 e. The van der Waals surface area contributed by atoms with Gasteiger partial charge in [-0.1, -0.05) is 41.6 Å². The van der Waals surface area contributed by atoms with Crippen LogP contribution in [-0.2, 0) is 4.74 Å².